The van der Waals surface area contributed by atoms with Crippen LogP contribution in [-0.2, 0) is 11.3 Å². The average Bonchev–Trinajstić information content (AvgIpc) is 2.49. The van der Waals surface area contributed by atoms with Crippen molar-refractivity contribution >= 4 is 0 Å². The van der Waals surface area contributed by atoms with Crippen molar-refractivity contribution in [3.8, 4) is 0 Å². The van der Waals surface area contributed by atoms with Crippen molar-refractivity contribution in [3.05, 3.63) is 35.6 Å². The lowest BCUT2D eigenvalue weighted by atomic mass is 9.84. The van der Waals surface area contributed by atoms with E-state index in [1.165, 1.54) is 12.1 Å². The molecule has 2 N–H and O–H groups in total. The summed E-state index contributed by atoms with van der Waals surface area (Å²) in [6.45, 7) is 4.33. The van der Waals surface area contributed by atoms with E-state index in [2.05, 4.69) is 18.9 Å². The Morgan fingerprint density at radius 2 is 2.10 bits per heavy atom. The maximum absolute atomic E-state index is 13.0. The van der Waals surface area contributed by atoms with Crippen LogP contribution in [0, 0.1) is 5.82 Å². The second-order valence-corrected chi connectivity index (χ2v) is 5.77. The molecular formula is C16H25FN2O. The molecule has 0 spiro atoms. The standard InChI is InChI=1S/C16H25FN2O/c1-3-15-10-16(12-18,8-9-20-15)19(2)11-13-4-6-14(17)7-5-13/h4-7,15H,3,8-12,18H2,1-2H3. The lowest BCUT2D eigenvalue weighted by Gasteiger charge is -2.46. The van der Waals surface area contributed by atoms with Gasteiger partial charge in [0, 0.05) is 25.2 Å². The summed E-state index contributed by atoms with van der Waals surface area (Å²) in [4.78, 5) is 2.31. The van der Waals surface area contributed by atoms with E-state index in [9.17, 15) is 4.39 Å². The smallest absolute Gasteiger partial charge is 0.123 e. The molecule has 1 heterocycles. The van der Waals surface area contributed by atoms with Crippen LogP contribution in [0.2, 0.25) is 0 Å². The van der Waals surface area contributed by atoms with Crippen molar-refractivity contribution in [1.29, 1.82) is 0 Å². The molecule has 1 aromatic rings. The maximum Gasteiger partial charge on any atom is 0.123 e. The van der Waals surface area contributed by atoms with Crippen LogP contribution in [-0.4, -0.2) is 36.7 Å². The van der Waals surface area contributed by atoms with E-state index in [0.717, 1.165) is 38.0 Å². The molecule has 2 atom stereocenters. The second kappa shape index (κ2) is 6.66. The molecule has 4 heteroatoms. The molecule has 0 aliphatic carbocycles. The van der Waals surface area contributed by atoms with Crippen LogP contribution < -0.4 is 5.73 Å². The van der Waals surface area contributed by atoms with Gasteiger partial charge in [0.2, 0.25) is 0 Å². The van der Waals surface area contributed by atoms with E-state index in [1.807, 2.05) is 12.1 Å². The third-order valence-electron chi connectivity index (χ3n) is 4.51. The van der Waals surface area contributed by atoms with Crippen LogP contribution in [0.4, 0.5) is 4.39 Å². The molecule has 1 aliphatic rings. The molecule has 2 rings (SSSR count). The van der Waals surface area contributed by atoms with E-state index in [-0.39, 0.29) is 11.4 Å². The zero-order chi connectivity index (χ0) is 14.6. The van der Waals surface area contributed by atoms with Gasteiger partial charge in [-0.15, -0.1) is 0 Å². The van der Waals surface area contributed by atoms with Crippen molar-refractivity contribution in [2.45, 2.75) is 44.4 Å². The number of nitrogens with zero attached hydrogens (tertiary/aromatic N) is 1. The summed E-state index contributed by atoms with van der Waals surface area (Å²) >= 11 is 0. The molecule has 0 aromatic heterocycles. The first-order valence-electron chi connectivity index (χ1n) is 7.37. The third kappa shape index (κ3) is 3.37. The molecule has 20 heavy (non-hydrogen) atoms. The Labute approximate surface area is 120 Å². The van der Waals surface area contributed by atoms with Crippen LogP contribution in [0.1, 0.15) is 31.7 Å². The van der Waals surface area contributed by atoms with Crippen molar-refractivity contribution in [2.24, 2.45) is 5.73 Å². The monoisotopic (exact) mass is 280 g/mol. The number of hydrogen-bond acceptors (Lipinski definition) is 3. The Morgan fingerprint density at radius 3 is 2.70 bits per heavy atom. The second-order valence-electron chi connectivity index (χ2n) is 5.77. The van der Waals surface area contributed by atoms with Crippen LogP contribution in [0.5, 0.6) is 0 Å². The molecule has 0 saturated carbocycles. The van der Waals surface area contributed by atoms with Crippen LogP contribution >= 0.6 is 0 Å². The Hall–Kier alpha value is -0.970. The number of benzene rings is 1. The Balaban J connectivity index is 2.08. The van der Waals surface area contributed by atoms with Crippen LogP contribution in [0.15, 0.2) is 24.3 Å². The summed E-state index contributed by atoms with van der Waals surface area (Å²) in [5, 5.41) is 0. The highest BCUT2D eigenvalue weighted by molar-refractivity contribution is 5.16. The number of hydrogen-bond donors (Lipinski definition) is 1. The lowest BCUT2D eigenvalue weighted by molar-refractivity contribution is -0.0671. The summed E-state index contributed by atoms with van der Waals surface area (Å²) in [6.07, 6.45) is 3.24. The van der Waals surface area contributed by atoms with E-state index in [0.29, 0.717) is 12.6 Å². The molecule has 2 unspecified atom stereocenters. The highest BCUT2D eigenvalue weighted by Gasteiger charge is 2.38. The Morgan fingerprint density at radius 1 is 1.40 bits per heavy atom. The first-order valence-corrected chi connectivity index (χ1v) is 7.37. The fraction of sp³-hybridized carbons (Fsp3) is 0.625. The topological polar surface area (TPSA) is 38.5 Å². The molecule has 1 saturated heterocycles. The molecule has 112 valence electrons. The van der Waals surface area contributed by atoms with E-state index in [4.69, 9.17) is 10.5 Å². The van der Waals surface area contributed by atoms with Gasteiger partial charge in [-0.3, -0.25) is 4.90 Å². The Kier molecular flexibility index (Phi) is 5.13. The highest BCUT2D eigenvalue weighted by atomic mass is 19.1. The molecule has 1 aliphatic heterocycles. The fourth-order valence-electron chi connectivity index (χ4n) is 2.98. The highest BCUT2D eigenvalue weighted by Crippen LogP contribution is 2.31. The van der Waals surface area contributed by atoms with E-state index in [1.54, 1.807) is 0 Å². The van der Waals surface area contributed by atoms with Gasteiger partial charge in [-0.25, -0.2) is 4.39 Å². The minimum Gasteiger partial charge on any atom is -0.378 e. The zero-order valence-electron chi connectivity index (χ0n) is 12.4. The lowest BCUT2D eigenvalue weighted by Crippen LogP contribution is -2.56. The molecule has 3 nitrogen and oxygen atoms in total. The quantitative estimate of drug-likeness (QED) is 0.901. The predicted octanol–water partition coefficient (Wildman–Crippen LogP) is 2.54. The summed E-state index contributed by atoms with van der Waals surface area (Å²) in [5.41, 5.74) is 7.18. The molecule has 1 aromatic carbocycles. The van der Waals surface area contributed by atoms with Crippen molar-refractivity contribution in [1.82, 2.24) is 4.90 Å². The minimum atomic E-state index is -0.193. The van der Waals surface area contributed by atoms with Gasteiger partial charge in [0.05, 0.1) is 6.10 Å². The summed E-state index contributed by atoms with van der Waals surface area (Å²) in [5.74, 6) is -0.193. The van der Waals surface area contributed by atoms with Crippen molar-refractivity contribution in [2.75, 3.05) is 20.2 Å². The van der Waals surface area contributed by atoms with Crippen LogP contribution in [0.3, 0.4) is 0 Å². The number of nitrogens with two attached hydrogens (primary N) is 1. The van der Waals surface area contributed by atoms with Gasteiger partial charge in [0.25, 0.3) is 0 Å². The third-order valence-corrected chi connectivity index (χ3v) is 4.51. The summed E-state index contributed by atoms with van der Waals surface area (Å²) in [6, 6.07) is 6.70. The number of ether oxygens (including phenoxy) is 1. The Bertz CT molecular complexity index is 423. The minimum absolute atomic E-state index is 0.00663. The average molecular weight is 280 g/mol. The summed E-state index contributed by atoms with van der Waals surface area (Å²) < 4.78 is 18.7. The normalized spacial score (nSPS) is 26.9. The first kappa shape index (κ1) is 15.4. The SMILES string of the molecule is CCC1CC(CN)(N(C)Cc2ccc(F)cc2)CCO1. The van der Waals surface area contributed by atoms with Gasteiger partial charge < -0.3 is 10.5 Å². The van der Waals surface area contributed by atoms with Crippen molar-refractivity contribution < 1.29 is 9.13 Å². The number of halogens is 1. The molecular weight excluding hydrogens is 255 g/mol. The van der Waals surface area contributed by atoms with Gasteiger partial charge in [0.1, 0.15) is 5.82 Å². The molecule has 0 radical (unpaired) electrons. The first-order chi connectivity index (χ1) is 9.59. The van der Waals surface area contributed by atoms with Crippen molar-refractivity contribution in [3.63, 3.8) is 0 Å². The van der Waals surface area contributed by atoms with Gasteiger partial charge >= 0.3 is 0 Å². The molecule has 1 fully saturated rings. The van der Waals surface area contributed by atoms with Gasteiger partial charge in [-0.2, -0.15) is 0 Å². The van der Waals surface area contributed by atoms with Gasteiger partial charge in [0.15, 0.2) is 0 Å². The van der Waals surface area contributed by atoms with E-state index >= 15 is 0 Å². The fourth-order valence-corrected chi connectivity index (χ4v) is 2.98. The number of likely N-dealkylation sites (N-methyl/N-ethyl adjacent to an activating group) is 1. The number of rotatable bonds is 5. The zero-order valence-corrected chi connectivity index (χ0v) is 12.4. The molecule has 0 bridgehead atoms. The van der Waals surface area contributed by atoms with Gasteiger partial charge in [-0.05, 0) is 44.0 Å². The van der Waals surface area contributed by atoms with Gasteiger partial charge in [-0.1, -0.05) is 19.1 Å². The van der Waals surface area contributed by atoms with Crippen LogP contribution in [0.25, 0.3) is 0 Å². The largest absolute Gasteiger partial charge is 0.378 e. The predicted molar refractivity (Wildman–Crippen MR) is 78.9 cm³/mol. The molecule has 0 amide bonds. The maximum atomic E-state index is 13.0. The summed E-state index contributed by atoms with van der Waals surface area (Å²) in [7, 11) is 2.11. The van der Waals surface area contributed by atoms with E-state index < -0.39 is 0 Å².